The van der Waals surface area contributed by atoms with Crippen LogP contribution in [0.3, 0.4) is 0 Å². The zero-order valence-electron chi connectivity index (χ0n) is 20.3. The Hall–Kier alpha value is -3.60. The summed E-state index contributed by atoms with van der Waals surface area (Å²) in [5.41, 5.74) is 2.09. The highest BCUT2D eigenvalue weighted by Gasteiger charge is 2.28. The molecule has 0 aliphatic carbocycles. The van der Waals surface area contributed by atoms with Crippen LogP contribution in [0.1, 0.15) is 42.9 Å². The summed E-state index contributed by atoms with van der Waals surface area (Å²) in [6.45, 7) is -1.35. The highest BCUT2D eigenvalue weighted by Crippen LogP contribution is 2.42. The van der Waals surface area contributed by atoms with Gasteiger partial charge in [0, 0.05) is 66.6 Å². The number of amides is 1. The average Bonchev–Trinajstić information content (AvgIpc) is 3.56. The van der Waals surface area contributed by atoms with Crippen LogP contribution in [0.2, 0.25) is 5.02 Å². The number of ether oxygens (including phenoxy) is 1. The summed E-state index contributed by atoms with van der Waals surface area (Å²) in [6.07, 6.45) is 8.33. The summed E-state index contributed by atoms with van der Waals surface area (Å²) < 4.78 is 61.3. The standard InChI is InChI=1S/C26H24ClF4N5O2/c1-14(37)35-6-4-17(5-7-35)36-13-16(11-34-36)15-8-18-20(12-33-25(18)32-10-15)19(9-28)23-22(38-26(30)31)3-2-21(29)24(23)27/h2-3,8,10-13,17,19,26H,4-7,9H2,1H3,(H,32,33)/t19-/m0/s1. The number of likely N-dealkylation sites (tertiary alicyclic amines) is 1. The SMILES string of the molecule is CC(=O)N1CCC(n2cc(-c3cnc4[nH]cc([C@H](CF)c5c(OC(F)F)ccc(F)c5Cl)c4c3)cn2)CC1. The number of aromatic nitrogens is 4. The molecule has 38 heavy (non-hydrogen) atoms. The van der Waals surface area contributed by atoms with Crippen molar-refractivity contribution in [3.63, 3.8) is 0 Å². The van der Waals surface area contributed by atoms with Gasteiger partial charge in [-0.05, 0) is 36.6 Å². The lowest BCUT2D eigenvalue weighted by Gasteiger charge is -2.31. The molecule has 0 bridgehead atoms. The number of pyridine rings is 1. The van der Waals surface area contributed by atoms with Gasteiger partial charge in [0.25, 0.3) is 0 Å². The summed E-state index contributed by atoms with van der Waals surface area (Å²) in [5, 5.41) is 4.55. The van der Waals surface area contributed by atoms with Gasteiger partial charge >= 0.3 is 6.61 Å². The van der Waals surface area contributed by atoms with E-state index in [9.17, 15) is 22.4 Å². The fourth-order valence-corrected chi connectivity index (χ4v) is 5.28. The Morgan fingerprint density at radius 3 is 2.68 bits per heavy atom. The monoisotopic (exact) mass is 549 g/mol. The van der Waals surface area contributed by atoms with Gasteiger partial charge in [-0.2, -0.15) is 13.9 Å². The molecule has 1 atom stereocenters. The molecule has 1 fully saturated rings. The number of carbonyl (C=O) groups excluding carboxylic acids is 1. The van der Waals surface area contributed by atoms with Gasteiger partial charge in [-0.3, -0.25) is 13.9 Å². The Kier molecular flexibility index (Phi) is 7.29. The molecule has 4 heterocycles. The molecule has 1 aliphatic rings. The second-order valence-corrected chi connectivity index (χ2v) is 9.55. The summed E-state index contributed by atoms with van der Waals surface area (Å²) in [5.74, 6) is -2.40. The molecule has 5 rings (SSSR count). The molecular weight excluding hydrogens is 526 g/mol. The Morgan fingerprint density at radius 1 is 1.24 bits per heavy atom. The quantitative estimate of drug-likeness (QED) is 0.282. The molecule has 3 aromatic heterocycles. The first-order chi connectivity index (χ1) is 18.3. The number of hydrogen-bond acceptors (Lipinski definition) is 4. The number of aromatic amines is 1. The third-order valence-corrected chi connectivity index (χ3v) is 7.35. The van der Waals surface area contributed by atoms with Gasteiger partial charge in [-0.25, -0.2) is 9.37 Å². The first-order valence-corrected chi connectivity index (χ1v) is 12.4. The number of piperidine rings is 1. The van der Waals surface area contributed by atoms with Gasteiger partial charge in [-0.1, -0.05) is 11.6 Å². The van der Waals surface area contributed by atoms with E-state index in [1.54, 1.807) is 25.4 Å². The molecule has 4 aromatic rings. The van der Waals surface area contributed by atoms with Crippen molar-refractivity contribution in [2.75, 3.05) is 19.8 Å². The molecule has 1 aliphatic heterocycles. The molecule has 1 N–H and O–H groups in total. The van der Waals surface area contributed by atoms with Crippen LogP contribution >= 0.6 is 11.6 Å². The maximum Gasteiger partial charge on any atom is 0.387 e. The van der Waals surface area contributed by atoms with Crippen LogP contribution in [0.25, 0.3) is 22.2 Å². The van der Waals surface area contributed by atoms with Crippen LogP contribution in [0.15, 0.2) is 43.0 Å². The number of halogens is 5. The van der Waals surface area contributed by atoms with Crippen molar-refractivity contribution in [1.29, 1.82) is 0 Å². The highest BCUT2D eigenvalue weighted by molar-refractivity contribution is 6.31. The van der Waals surface area contributed by atoms with Crippen LogP contribution in [0.4, 0.5) is 17.6 Å². The van der Waals surface area contributed by atoms with Crippen molar-refractivity contribution in [1.82, 2.24) is 24.6 Å². The number of benzene rings is 1. The van der Waals surface area contributed by atoms with Crippen molar-refractivity contribution in [2.24, 2.45) is 0 Å². The topological polar surface area (TPSA) is 76.0 Å². The Balaban J connectivity index is 1.48. The number of alkyl halides is 3. The molecular formula is C26H24ClF4N5O2. The highest BCUT2D eigenvalue weighted by atomic mass is 35.5. The molecule has 200 valence electrons. The smallest absolute Gasteiger partial charge is 0.387 e. The largest absolute Gasteiger partial charge is 0.434 e. The Labute approximate surface area is 220 Å². The van der Waals surface area contributed by atoms with Crippen LogP contribution < -0.4 is 4.74 Å². The minimum absolute atomic E-state index is 0.0605. The second-order valence-electron chi connectivity index (χ2n) is 9.17. The third-order valence-electron chi connectivity index (χ3n) is 6.97. The van der Waals surface area contributed by atoms with Gasteiger partial charge < -0.3 is 14.6 Å². The molecule has 0 spiro atoms. The van der Waals surface area contributed by atoms with Crippen molar-refractivity contribution in [2.45, 2.75) is 38.3 Å². The van der Waals surface area contributed by atoms with Crippen molar-refractivity contribution < 1.29 is 27.1 Å². The van der Waals surface area contributed by atoms with E-state index in [4.69, 9.17) is 11.6 Å². The zero-order valence-corrected chi connectivity index (χ0v) is 21.1. The third kappa shape index (κ3) is 4.94. The minimum atomic E-state index is -3.20. The van der Waals surface area contributed by atoms with E-state index in [0.717, 1.165) is 30.5 Å². The van der Waals surface area contributed by atoms with E-state index < -0.39 is 35.8 Å². The molecule has 1 amide bonds. The van der Waals surface area contributed by atoms with Crippen LogP contribution in [0.5, 0.6) is 5.75 Å². The number of H-pyrrole nitrogens is 1. The fraction of sp³-hybridized carbons (Fsp3) is 0.346. The van der Waals surface area contributed by atoms with E-state index in [1.165, 1.54) is 6.20 Å². The second kappa shape index (κ2) is 10.6. The minimum Gasteiger partial charge on any atom is -0.434 e. The van der Waals surface area contributed by atoms with Crippen molar-refractivity contribution in [3.8, 4) is 16.9 Å². The number of rotatable bonds is 7. The molecule has 12 heteroatoms. The maximum atomic E-state index is 14.5. The Bertz CT molecular complexity index is 1470. The van der Waals surface area contributed by atoms with Crippen LogP contribution in [-0.4, -0.2) is 56.9 Å². The van der Waals surface area contributed by atoms with Crippen LogP contribution in [0, 0.1) is 5.82 Å². The first-order valence-electron chi connectivity index (χ1n) is 12.0. The number of carbonyl (C=O) groups is 1. The normalized spacial score (nSPS) is 15.4. The summed E-state index contributed by atoms with van der Waals surface area (Å²) in [4.78, 5) is 20.8. The maximum absolute atomic E-state index is 14.5. The number of fused-ring (bicyclic) bond motifs is 1. The lowest BCUT2D eigenvalue weighted by atomic mass is 9.91. The molecule has 1 aromatic carbocycles. The predicted molar refractivity (Wildman–Crippen MR) is 134 cm³/mol. The molecule has 0 unspecified atom stereocenters. The van der Waals surface area contributed by atoms with E-state index in [0.29, 0.717) is 35.2 Å². The Morgan fingerprint density at radius 2 is 2.00 bits per heavy atom. The number of hydrogen-bond donors (Lipinski definition) is 1. The van der Waals surface area contributed by atoms with Crippen molar-refractivity contribution >= 4 is 28.5 Å². The van der Waals surface area contributed by atoms with E-state index in [-0.39, 0.29) is 17.5 Å². The molecule has 1 saturated heterocycles. The van der Waals surface area contributed by atoms with Gasteiger partial charge in [0.2, 0.25) is 5.91 Å². The van der Waals surface area contributed by atoms with Gasteiger partial charge in [-0.15, -0.1) is 0 Å². The molecule has 0 radical (unpaired) electrons. The van der Waals surface area contributed by atoms with Gasteiger partial charge in [0.1, 0.15) is 23.9 Å². The van der Waals surface area contributed by atoms with E-state index >= 15 is 0 Å². The lowest BCUT2D eigenvalue weighted by molar-refractivity contribution is -0.130. The van der Waals surface area contributed by atoms with Gasteiger partial charge in [0.05, 0.1) is 17.3 Å². The van der Waals surface area contributed by atoms with E-state index in [2.05, 4.69) is 19.8 Å². The van der Waals surface area contributed by atoms with Crippen molar-refractivity contribution in [3.05, 3.63) is 65.0 Å². The zero-order chi connectivity index (χ0) is 27.0. The van der Waals surface area contributed by atoms with Crippen LogP contribution in [-0.2, 0) is 4.79 Å². The molecule has 0 saturated carbocycles. The predicted octanol–water partition coefficient (Wildman–Crippen LogP) is 6.11. The van der Waals surface area contributed by atoms with Gasteiger partial charge in [0.15, 0.2) is 0 Å². The fourth-order valence-electron chi connectivity index (χ4n) is 4.99. The average molecular weight is 550 g/mol. The van der Waals surface area contributed by atoms with E-state index in [1.807, 2.05) is 15.8 Å². The lowest BCUT2D eigenvalue weighted by Crippen LogP contribution is -2.37. The first kappa shape index (κ1) is 26.0. The summed E-state index contributed by atoms with van der Waals surface area (Å²) in [7, 11) is 0. The number of nitrogens with one attached hydrogen (secondary N) is 1. The molecule has 7 nitrogen and oxygen atoms in total. The number of nitrogens with zero attached hydrogens (tertiary/aromatic N) is 4. The summed E-state index contributed by atoms with van der Waals surface area (Å²) in [6, 6.07) is 3.85. The summed E-state index contributed by atoms with van der Waals surface area (Å²) >= 11 is 6.13.